The molecule has 0 atom stereocenters. The normalized spacial score (nSPS) is 10.9. The lowest BCUT2D eigenvalue weighted by Gasteiger charge is -2.07. The van der Waals surface area contributed by atoms with Gasteiger partial charge in [0.05, 0.1) is 11.4 Å². The molecule has 0 fully saturated rings. The Balaban J connectivity index is 1.55. The summed E-state index contributed by atoms with van der Waals surface area (Å²) in [5.41, 5.74) is 6.88. The molecule has 2 heterocycles. The van der Waals surface area contributed by atoms with Crippen molar-refractivity contribution < 1.29 is 0 Å². The monoisotopic (exact) mass is 354 g/mol. The van der Waals surface area contributed by atoms with Crippen LogP contribution in [0.4, 0.5) is 0 Å². The molecular formula is C23H22N4. The molecule has 4 rings (SSSR count). The molecule has 0 aliphatic heterocycles. The molecule has 134 valence electrons. The molecule has 27 heavy (non-hydrogen) atoms. The number of nitrogens with zero attached hydrogens (tertiary/aromatic N) is 4. The van der Waals surface area contributed by atoms with Crippen molar-refractivity contribution in [3.05, 3.63) is 107 Å². The van der Waals surface area contributed by atoms with Gasteiger partial charge in [-0.25, -0.2) is 14.6 Å². The van der Waals surface area contributed by atoms with Crippen LogP contribution in [-0.4, -0.2) is 19.7 Å². The summed E-state index contributed by atoms with van der Waals surface area (Å²) in [6.07, 6.45) is 3.52. The summed E-state index contributed by atoms with van der Waals surface area (Å²) in [5.74, 6) is 0.624. The van der Waals surface area contributed by atoms with Crippen LogP contribution in [0.25, 0.3) is 5.95 Å². The zero-order chi connectivity index (χ0) is 18.6. The molecule has 0 radical (unpaired) electrons. The quantitative estimate of drug-likeness (QED) is 0.531. The van der Waals surface area contributed by atoms with Gasteiger partial charge in [-0.2, -0.15) is 5.10 Å². The second kappa shape index (κ2) is 7.54. The van der Waals surface area contributed by atoms with E-state index in [1.807, 2.05) is 32.2 Å². The Morgan fingerprint density at radius 2 is 1.52 bits per heavy atom. The minimum atomic E-state index is 0.624. The van der Waals surface area contributed by atoms with Gasteiger partial charge in [-0.1, -0.05) is 54.6 Å². The van der Waals surface area contributed by atoms with E-state index in [-0.39, 0.29) is 0 Å². The van der Waals surface area contributed by atoms with Gasteiger partial charge in [0.1, 0.15) is 0 Å². The molecule has 2 aromatic carbocycles. The van der Waals surface area contributed by atoms with Crippen LogP contribution in [0.1, 0.15) is 33.8 Å². The Kier molecular flexibility index (Phi) is 4.79. The second-order valence-electron chi connectivity index (χ2n) is 6.85. The average Bonchev–Trinajstić information content (AvgIpc) is 3.01. The number of benzene rings is 2. The minimum Gasteiger partial charge on any atom is -0.220 e. The fourth-order valence-electron chi connectivity index (χ4n) is 3.31. The highest BCUT2D eigenvalue weighted by molar-refractivity contribution is 5.32. The van der Waals surface area contributed by atoms with E-state index in [0.717, 1.165) is 29.9 Å². The smallest absolute Gasteiger partial charge is 0.220 e. The predicted molar refractivity (Wildman–Crippen MR) is 107 cm³/mol. The molecule has 4 nitrogen and oxygen atoms in total. The first kappa shape index (κ1) is 17.2. The van der Waals surface area contributed by atoms with E-state index in [0.29, 0.717) is 5.95 Å². The molecule has 4 aromatic rings. The third-order valence-corrected chi connectivity index (χ3v) is 4.53. The fraction of sp³-hybridized carbons (Fsp3) is 0.174. The van der Waals surface area contributed by atoms with E-state index in [2.05, 4.69) is 64.7 Å². The van der Waals surface area contributed by atoms with Gasteiger partial charge >= 0.3 is 0 Å². The van der Waals surface area contributed by atoms with E-state index in [1.54, 1.807) is 4.68 Å². The molecule has 0 saturated carbocycles. The highest BCUT2D eigenvalue weighted by atomic mass is 15.3. The Bertz CT molecular complexity index is 1050. The molecule has 4 heteroatoms. The van der Waals surface area contributed by atoms with Crippen LogP contribution >= 0.6 is 0 Å². The van der Waals surface area contributed by atoms with Crippen molar-refractivity contribution in [3.8, 4) is 5.95 Å². The maximum Gasteiger partial charge on any atom is 0.250 e. The van der Waals surface area contributed by atoms with Gasteiger partial charge in [0, 0.05) is 18.3 Å². The minimum absolute atomic E-state index is 0.624. The Morgan fingerprint density at radius 3 is 2.26 bits per heavy atom. The molecule has 0 spiro atoms. The summed E-state index contributed by atoms with van der Waals surface area (Å²) < 4.78 is 1.80. The van der Waals surface area contributed by atoms with Crippen LogP contribution in [0.5, 0.6) is 0 Å². The molecule has 0 aliphatic rings. The van der Waals surface area contributed by atoms with Crippen molar-refractivity contribution in [1.82, 2.24) is 19.7 Å². The van der Waals surface area contributed by atoms with E-state index < -0.39 is 0 Å². The third-order valence-electron chi connectivity index (χ3n) is 4.53. The van der Waals surface area contributed by atoms with Crippen molar-refractivity contribution in [3.63, 3.8) is 0 Å². The number of aromatic nitrogens is 4. The number of aryl methyl sites for hydroxylation is 2. The van der Waals surface area contributed by atoms with E-state index in [9.17, 15) is 0 Å². The van der Waals surface area contributed by atoms with Crippen LogP contribution in [0, 0.1) is 13.8 Å². The van der Waals surface area contributed by atoms with Crippen LogP contribution in [0.2, 0.25) is 0 Å². The summed E-state index contributed by atoms with van der Waals surface area (Å²) in [6, 6.07) is 23.3. The summed E-state index contributed by atoms with van der Waals surface area (Å²) >= 11 is 0. The molecule has 2 aromatic heterocycles. The lowest BCUT2D eigenvalue weighted by molar-refractivity contribution is 0.764. The SMILES string of the molecule is Cc1cc(C)n(-c2nccc(Cc3cccc(Cc4ccccc4)c3)n2)n1. The van der Waals surface area contributed by atoms with Crippen LogP contribution in [0.15, 0.2) is 72.9 Å². The maximum absolute atomic E-state index is 4.72. The van der Waals surface area contributed by atoms with Crippen LogP contribution < -0.4 is 0 Å². The van der Waals surface area contributed by atoms with Gasteiger partial charge in [0.15, 0.2) is 0 Å². The molecular weight excluding hydrogens is 332 g/mol. The van der Waals surface area contributed by atoms with Gasteiger partial charge in [-0.3, -0.25) is 0 Å². The zero-order valence-corrected chi connectivity index (χ0v) is 15.6. The Labute approximate surface area is 159 Å². The molecule has 0 amide bonds. The molecule has 0 saturated heterocycles. The first-order valence-electron chi connectivity index (χ1n) is 9.15. The number of hydrogen-bond acceptors (Lipinski definition) is 3. The predicted octanol–water partition coefficient (Wildman–Crippen LogP) is 4.46. The van der Waals surface area contributed by atoms with Crippen LogP contribution in [0.3, 0.4) is 0 Å². The fourth-order valence-corrected chi connectivity index (χ4v) is 3.31. The standard InChI is InChI=1S/C23H22N4/c1-17-13-18(2)27(26-17)23-24-12-11-22(25-23)16-21-10-6-9-20(15-21)14-19-7-4-3-5-8-19/h3-13,15H,14,16H2,1-2H3. The van der Waals surface area contributed by atoms with Crippen molar-refractivity contribution in [1.29, 1.82) is 0 Å². The van der Waals surface area contributed by atoms with Crippen molar-refractivity contribution in [2.45, 2.75) is 26.7 Å². The number of rotatable bonds is 5. The molecule has 0 bridgehead atoms. The maximum atomic E-state index is 4.72. The molecule has 0 aliphatic carbocycles. The van der Waals surface area contributed by atoms with E-state index >= 15 is 0 Å². The second-order valence-corrected chi connectivity index (χ2v) is 6.85. The molecule has 0 N–H and O–H groups in total. The summed E-state index contributed by atoms with van der Waals surface area (Å²) in [7, 11) is 0. The lowest BCUT2D eigenvalue weighted by atomic mass is 10.0. The Morgan fingerprint density at radius 1 is 0.778 bits per heavy atom. The highest BCUT2D eigenvalue weighted by Crippen LogP contribution is 2.15. The van der Waals surface area contributed by atoms with Gasteiger partial charge in [0.25, 0.3) is 5.95 Å². The topological polar surface area (TPSA) is 43.6 Å². The summed E-state index contributed by atoms with van der Waals surface area (Å²) in [5, 5.41) is 4.48. The lowest BCUT2D eigenvalue weighted by Crippen LogP contribution is -2.07. The largest absolute Gasteiger partial charge is 0.250 e. The van der Waals surface area contributed by atoms with E-state index in [1.165, 1.54) is 16.7 Å². The first-order valence-corrected chi connectivity index (χ1v) is 9.15. The number of hydrogen-bond donors (Lipinski definition) is 0. The zero-order valence-electron chi connectivity index (χ0n) is 15.6. The van der Waals surface area contributed by atoms with E-state index in [4.69, 9.17) is 4.98 Å². The Hall–Kier alpha value is -3.27. The van der Waals surface area contributed by atoms with Gasteiger partial charge in [-0.05, 0) is 49.1 Å². The molecule has 0 unspecified atom stereocenters. The third kappa shape index (κ3) is 4.11. The van der Waals surface area contributed by atoms with Crippen molar-refractivity contribution >= 4 is 0 Å². The summed E-state index contributed by atoms with van der Waals surface area (Å²) in [6.45, 7) is 3.99. The van der Waals surface area contributed by atoms with Crippen molar-refractivity contribution in [2.75, 3.05) is 0 Å². The van der Waals surface area contributed by atoms with Crippen molar-refractivity contribution in [2.24, 2.45) is 0 Å². The van der Waals surface area contributed by atoms with Gasteiger partial charge in [-0.15, -0.1) is 0 Å². The van der Waals surface area contributed by atoms with Crippen LogP contribution in [-0.2, 0) is 12.8 Å². The first-order chi connectivity index (χ1) is 13.2. The summed E-state index contributed by atoms with van der Waals surface area (Å²) in [4.78, 5) is 9.10. The average molecular weight is 354 g/mol. The van der Waals surface area contributed by atoms with Gasteiger partial charge < -0.3 is 0 Å². The van der Waals surface area contributed by atoms with Gasteiger partial charge in [0.2, 0.25) is 0 Å². The highest BCUT2D eigenvalue weighted by Gasteiger charge is 2.08.